The first-order valence-corrected chi connectivity index (χ1v) is 11.5. The average Bonchev–Trinajstić information content (AvgIpc) is 3.33. The fourth-order valence-corrected chi connectivity index (χ4v) is 4.74. The number of rotatable bonds is 5. The minimum Gasteiger partial charge on any atom is -0.378 e. The summed E-state index contributed by atoms with van der Waals surface area (Å²) in [6.45, 7) is 7.54. The van der Waals surface area contributed by atoms with Gasteiger partial charge in [0, 0.05) is 41.0 Å². The van der Waals surface area contributed by atoms with Crippen LogP contribution >= 0.6 is 11.8 Å². The third-order valence-electron chi connectivity index (χ3n) is 5.34. The zero-order valence-corrected chi connectivity index (χ0v) is 18.5. The van der Waals surface area contributed by atoms with Gasteiger partial charge in [0.1, 0.15) is 17.0 Å². The maximum absolute atomic E-state index is 5.55. The number of benzene rings is 1. The minimum atomic E-state index is 0.559. The van der Waals surface area contributed by atoms with E-state index < -0.39 is 0 Å². The monoisotopic (exact) mass is 431 g/mol. The van der Waals surface area contributed by atoms with Crippen molar-refractivity contribution >= 4 is 28.5 Å². The first-order chi connectivity index (χ1) is 15.2. The molecule has 1 fully saturated rings. The lowest BCUT2D eigenvalue weighted by Gasteiger charge is -2.28. The topological polar surface area (TPSA) is 66.9 Å². The number of nitrogens with one attached hydrogen (secondary N) is 1. The number of thioether (sulfide) groups is 1. The van der Waals surface area contributed by atoms with Crippen molar-refractivity contribution in [1.29, 1.82) is 0 Å². The highest BCUT2D eigenvalue weighted by Gasteiger charge is 2.18. The van der Waals surface area contributed by atoms with Crippen LogP contribution in [0.2, 0.25) is 0 Å². The van der Waals surface area contributed by atoms with Gasteiger partial charge in [-0.25, -0.2) is 4.98 Å². The molecule has 6 nitrogen and oxygen atoms in total. The van der Waals surface area contributed by atoms with Gasteiger partial charge in [-0.15, -0.1) is 11.8 Å². The number of hydrogen-bond donors (Lipinski definition) is 1. The molecule has 1 aliphatic heterocycles. The lowest BCUT2D eigenvalue weighted by atomic mass is 10.00. The molecule has 5 rings (SSSR count). The van der Waals surface area contributed by atoms with Gasteiger partial charge in [0.2, 0.25) is 0 Å². The summed E-state index contributed by atoms with van der Waals surface area (Å²) >= 11 is 1.88. The number of aromatic nitrogens is 4. The van der Waals surface area contributed by atoms with Crippen molar-refractivity contribution in [3.8, 4) is 22.5 Å². The van der Waals surface area contributed by atoms with Gasteiger partial charge >= 0.3 is 0 Å². The molecule has 31 heavy (non-hydrogen) atoms. The quantitative estimate of drug-likeness (QED) is 0.447. The predicted molar refractivity (Wildman–Crippen MR) is 127 cm³/mol. The van der Waals surface area contributed by atoms with E-state index in [0.717, 1.165) is 60.0 Å². The van der Waals surface area contributed by atoms with Gasteiger partial charge in [-0.1, -0.05) is 26.0 Å². The minimum absolute atomic E-state index is 0.559. The molecule has 0 amide bonds. The zero-order valence-electron chi connectivity index (χ0n) is 17.7. The summed E-state index contributed by atoms with van der Waals surface area (Å²) in [6.07, 6.45) is 3.59. The van der Waals surface area contributed by atoms with Crippen LogP contribution in [0.5, 0.6) is 0 Å². The number of H-pyrrole nitrogens is 1. The molecule has 1 N–H and O–H groups in total. The fourth-order valence-electron chi connectivity index (χ4n) is 3.90. The first-order valence-electron chi connectivity index (χ1n) is 10.6. The van der Waals surface area contributed by atoms with Gasteiger partial charge in [-0.05, 0) is 41.5 Å². The predicted octanol–water partition coefficient (Wildman–Crippen LogP) is 5.02. The van der Waals surface area contributed by atoms with Crippen molar-refractivity contribution in [1.82, 2.24) is 20.2 Å². The number of fused-ring (bicyclic) bond motifs is 1. The molecule has 0 unspecified atom stereocenters. The second-order valence-electron chi connectivity index (χ2n) is 7.84. The highest BCUT2D eigenvalue weighted by molar-refractivity contribution is 7.99. The summed E-state index contributed by atoms with van der Waals surface area (Å²) in [7, 11) is 0. The Morgan fingerprint density at radius 2 is 1.84 bits per heavy atom. The van der Waals surface area contributed by atoms with Gasteiger partial charge in [0.25, 0.3) is 0 Å². The molecule has 0 aliphatic carbocycles. The van der Waals surface area contributed by atoms with Gasteiger partial charge in [0.05, 0.1) is 18.9 Å². The Morgan fingerprint density at radius 1 is 1.03 bits per heavy atom. The summed E-state index contributed by atoms with van der Waals surface area (Å²) in [6, 6.07) is 15.0. The number of nitrogens with zero attached hydrogens (tertiary/aromatic N) is 4. The molecule has 7 heteroatoms. The Balaban J connectivity index is 1.68. The smallest absolute Gasteiger partial charge is 0.130 e. The summed E-state index contributed by atoms with van der Waals surface area (Å²) in [4.78, 5) is 13.3. The van der Waals surface area contributed by atoms with Crippen LogP contribution in [0.25, 0.3) is 33.4 Å². The summed E-state index contributed by atoms with van der Waals surface area (Å²) in [5, 5.41) is 8.79. The van der Waals surface area contributed by atoms with Crippen LogP contribution < -0.4 is 4.90 Å². The van der Waals surface area contributed by atoms with Crippen LogP contribution in [0.1, 0.15) is 13.8 Å². The Hall–Kier alpha value is -2.90. The molecule has 0 radical (unpaired) electrons. The number of aromatic amines is 1. The third kappa shape index (κ3) is 4.16. The van der Waals surface area contributed by atoms with Crippen LogP contribution in [0.15, 0.2) is 59.8 Å². The Morgan fingerprint density at radius 3 is 2.55 bits per heavy atom. The van der Waals surface area contributed by atoms with Gasteiger partial charge < -0.3 is 9.64 Å². The van der Waals surface area contributed by atoms with Gasteiger partial charge in [-0.3, -0.25) is 10.1 Å². The molecule has 4 aromatic rings. The number of anilines is 1. The van der Waals surface area contributed by atoms with E-state index in [2.05, 4.69) is 70.3 Å². The van der Waals surface area contributed by atoms with Crippen LogP contribution in [-0.4, -0.2) is 51.7 Å². The lowest BCUT2D eigenvalue weighted by Crippen LogP contribution is -2.36. The van der Waals surface area contributed by atoms with Gasteiger partial charge in [0.15, 0.2) is 0 Å². The Labute approximate surface area is 186 Å². The molecule has 0 saturated carbocycles. The molecule has 4 heterocycles. The van der Waals surface area contributed by atoms with E-state index in [4.69, 9.17) is 9.72 Å². The highest BCUT2D eigenvalue weighted by atomic mass is 32.2. The van der Waals surface area contributed by atoms with E-state index in [1.807, 2.05) is 24.0 Å². The van der Waals surface area contributed by atoms with Crippen LogP contribution in [0.4, 0.5) is 5.82 Å². The van der Waals surface area contributed by atoms with E-state index in [-0.39, 0.29) is 0 Å². The number of pyridine rings is 2. The second-order valence-corrected chi connectivity index (χ2v) is 9.49. The first kappa shape index (κ1) is 20.0. The summed E-state index contributed by atoms with van der Waals surface area (Å²) in [5.74, 6) is 0.959. The maximum Gasteiger partial charge on any atom is 0.130 e. The van der Waals surface area contributed by atoms with Crippen molar-refractivity contribution in [3.05, 3.63) is 54.9 Å². The molecule has 3 aromatic heterocycles. The second kappa shape index (κ2) is 8.69. The normalized spacial score (nSPS) is 14.5. The lowest BCUT2D eigenvalue weighted by molar-refractivity contribution is 0.122. The fraction of sp³-hybridized carbons (Fsp3) is 0.292. The molecular weight excluding hydrogens is 406 g/mol. The molecule has 0 spiro atoms. The standard InChI is InChI=1S/C24H25N5OS/c1-16(2)31-18-5-3-17(4-6-18)20-15-22(29-11-13-30-14-12-29)27-23-19(20)7-9-25-24(23)21-8-10-26-28-21/h3-10,15-16H,11-14H2,1-2H3,(H,26,28). The van der Waals surface area contributed by atoms with Crippen molar-refractivity contribution < 1.29 is 4.74 Å². The van der Waals surface area contributed by atoms with E-state index in [1.165, 1.54) is 10.5 Å². The van der Waals surface area contributed by atoms with Crippen molar-refractivity contribution in [2.45, 2.75) is 24.0 Å². The van der Waals surface area contributed by atoms with E-state index in [0.29, 0.717) is 5.25 Å². The zero-order chi connectivity index (χ0) is 21.2. The van der Waals surface area contributed by atoms with Crippen molar-refractivity contribution in [2.75, 3.05) is 31.2 Å². The SMILES string of the molecule is CC(C)Sc1ccc(-c2cc(N3CCOCC3)nc3c(-c4ccn[nH]4)nccc23)cc1. The molecule has 1 saturated heterocycles. The Bertz CT molecular complexity index is 1170. The molecule has 0 atom stereocenters. The molecule has 0 bridgehead atoms. The highest BCUT2D eigenvalue weighted by Crippen LogP contribution is 2.36. The van der Waals surface area contributed by atoms with Crippen LogP contribution in [-0.2, 0) is 4.74 Å². The number of morpholine rings is 1. The molecule has 1 aromatic carbocycles. The van der Waals surface area contributed by atoms with Gasteiger partial charge in [-0.2, -0.15) is 5.10 Å². The molecule has 158 valence electrons. The summed E-state index contributed by atoms with van der Waals surface area (Å²) in [5.41, 5.74) is 4.91. The average molecular weight is 432 g/mol. The summed E-state index contributed by atoms with van der Waals surface area (Å²) < 4.78 is 5.55. The van der Waals surface area contributed by atoms with Crippen LogP contribution in [0.3, 0.4) is 0 Å². The van der Waals surface area contributed by atoms with E-state index in [9.17, 15) is 0 Å². The van der Waals surface area contributed by atoms with E-state index >= 15 is 0 Å². The maximum atomic E-state index is 5.55. The Kier molecular flexibility index (Phi) is 5.61. The van der Waals surface area contributed by atoms with Crippen molar-refractivity contribution in [3.63, 3.8) is 0 Å². The van der Waals surface area contributed by atoms with E-state index in [1.54, 1.807) is 6.20 Å². The van der Waals surface area contributed by atoms with Crippen molar-refractivity contribution in [2.24, 2.45) is 0 Å². The molecular formula is C24H25N5OS. The number of ether oxygens (including phenoxy) is 1. The third-order valence-corrected chi connectivity index (χ3v) is 6.36. The largest absolute Gasteiger partial charge is 0.378 e. The number of hydrogen-bond acceptors (Lipinski definition) is 6. The van der Waals surface area contributed by atoms with Crippen LogP contribution in [0, 0.1) is 0 Å². The molecule has 1 aliphatic rings.